The number of hydrogen-bond acceptors (Lipinski definition) is 5. The zero-order valence-corrected chi connectivity index (χ0v) is 18.0. The Hall–Kier alpha value is -3.25. The van der Waals surface area contributed by atoms with Gasteiger partial charge in [-0.15, -0.1) is 0 Å². The van der Waals surface area contributed by atoms with Crippen LogP contribution in [-0.2, 0) is 0 Å². The van der Waals surface area contributed by atoms with Gasteiger partial charge in [-0.05, 0) is 54.4 Å². The SMILES string of the molecule is COc1cc2ccccc2cc1C(=O)N/N=C\c1cc(Cl)c(OC(C)C)c(OC)c1. The maximum Gasteiger partial charge on any atom is 0.275 e. The topological polar surface area (TPSA) is 69.2 Å². The van der Waals surface area contributed by atoms with Crippen molar-refractivity contribution in [3.05, 3.63) is 64.7 Å². The largest absolute Gasteiger partial charge is 0.496 e. The number of halogens is 1. The maximum absolute atomic E-state index is 12.6. The Labute approximate surface area is 180 Å². The first kappa shape index (κ1) is 21.5. The fourth-order valence-corrected chi connectivity index (χ4v) is 3.22. The lowest BCUT2D eigenvalue weighted by atomic mass is 10.1. The van der Waals surface area contributed by atoms with E-state index in [0.29, 0.717) is 33.4 Å². The van der Waals surface area contributed by atoms with Gasteiger partial charge < -0.3 is 14.2 Å². The van der Waals surface area contributed by atoms with Gasteiger partial charge in [0.25, 0.3) is 5.91 Å². The van der Waals surface area contributed by atoms with Crippen molar-refractivity contribution < 1.29 is 19.0 Å². The van der Waals surface area contributed by atoms with E-state index < -0.39 is 0 Å². The average Bonchev–Trinajstić information content (AvgIpc) is 2.74. The van der Waals surface area contributed by atoms with Gasteiger partial charge in [-0.2, -0.15) is 5.10 Å². The molecule has 3 aromatic rings. The number of carbonyl (C=O) groups is 1. The number of amides is 1. The highest BCUT2D eigenvalue weighted by atomic mass is 35.5. The Morgan fingerprint density at radius 3 is 2.33 bits per heavy atom. The molecule has 0 aromatic heterocycles. The van der Waals surface area contributed by atoms with Crippen molar-refractivity contribution >= 4 is 34.5 Å². The molecule has 0 saturated carbocycles. The van der Waals surface area contributed by atoms with Crippen molar-refractivity contribution in [2.75, 3.05) is 14.2 Å². The molecule has 156 valence electrons. The predicted octanol–water partition coefficient (Wildman–Crippen LogP) is 5.06. The molecule has 0 bridgehead atoms. The van der Waals surface area contributed by atoms with Crippen LogP contribution in [0.15, 0.2) is 53.6 Å². The Kier molecular flexibility index (Phi) is 6.79. The van der Waals surface area contributed by atoms with Gasteiger partial charge in [-0.1, -0.05) is 35.9 Å². The van der Waals surface area contributed by atoms with E-state index in [1.807, 2.05) is 44.2 Å². The third-order valence-corrected chi connectivity index (χ3v) is 4.58. The number of rotatable bonds is 7. The van der Waals surface area contributed by atoms with E-state index >= 15 is 0 Å². The molecule has 7 heteroatoms. The minimum atomic E-state index is -0.383. The van der Waals surface area contributed by atoms with Crippen molar-refractivity contribution in [3.8, 4) is 17.2 Å². The number of ether oxygens (including phenoxy) is 3. The van der Waals surface area contributed by atoms with Gasteiger partial charge in [0.05, 0.1) is 37.1 Å². The van der Waals surface area contributed by atoms with Gasteiger partial charge in [0.15, 0.2) is 11.5 Å². The molecular weight excluding hydrogens is 404 g/mol. The third-order valence-electron chi connectivity index (χ3n) is 4.30. The summed E-state index contributed by atoms with van der Waals surface area (Å²) < 4.78 is 16.4. The van der Waals surface area contributed by atoms with Crippen LogP contribution in [0.5, 0.6) is 17.2 Å². The summed E-state index contributed by atoms with van der Waals surface area (Å²) in [6.45, 7) is 3.81. The highest BCUT2D eigenvalue weighted by Gasteiger charge is 2.14. The Balaban J connectivity index is 1.81. The number of methoxy groups -OCH3 is 2. The van der Waals surface area contributed by atoms with Gasteiger partial charge in [-0.3, -0.25) is 4.79 Å². The van der Waals surface area contributed by atoms with Gasteiger partial charge in [0.1, 0.15) is 5.75 Å². The molecule has 0 unspecified atom stereocenters. The third kappa shape index (κ3) is 4.83. The van der Waals surface area contributed by atoms with Crippen LogP contribution in [0.4, 0.5) is 0 Å². The molecule has 0 aliphatic carbocycles. The second-order valence-electron chi connectivity index (χ2n) is 6.80. The van der Waals surface area contributed by atoms with Gasteiger partial charge in [-0.25, -0.2) is 5.43 Å². The van der Waals surface area contributed by atoms with Crippen molar-refractivity contribution in [2.24, 2.45) is 5.10 Å². The van der Waals surface area contributed by atoms with Gasteiger partial charge in [0.2, 0.25) is 0 Å². The Morgan fingerprint density at radius 2 is 1.70 bits per heavy atom. The minimum Gasteiger partial charge on any atom is -0.496 e. The summed E-state index contributed by atoms with van der Waals surface area (Å²) in [4.78, 5) is 12.6. The quantitative estimate of drug-likeness (QED) is 0.423. The number of nitrogens with zero attached hydrogens (tertiary/aromatic N) is 1. The normalized spacial score (nSPS) is 11.1. The first-order chi connectivity index (χ1) is 14.4. The monoisotopic (exact) mass is 426 g/mol. The van der Waals surface area contributed by atoms with Crippen LogP contribution < -0.4 is 19.6 Å². The fraction of sp³-hybridized carbons (Fsp3) is 0.217. The first-order valence-electron chi connectivity index (χ1n) is 9.37. The lowest BCUT2D eigenvalue weighted by molar-refractivity contribution is 0.0952. The number of benzene rings is 3. The number of nitrogens with one attached hydrogen (secondary N) is 1. The molecule has 3 aromatic carbocycles. The molecule has 3 rings (SSSR count). The summed E-state index contributed by atoms with van der Waals surface area (Å²) in [5.41, 5.74) is 3.57. The Morgan fingerprint density at radius 1 is 1.03 bits per heavy atom. The van der Waals surface area contributed by atoms with Crippen molar-refractivity contribution in [3.63, 3.8) is 0 Å². The smallest absolute Gasteiger partial charge is 0.275 e. The molecule has 0 spiro atoms. The fourth-order valence-electron chi connectivity index (χ4n) is 2.96. The molecule has 1 amide bonds. The van der Waals surface area contributed by atoms with Crippen LogP contribution in [0, 0.1) is 0 Å². The van der Waals surface area contributed by atoms with E-state index in [1.165, 1.54) is 20.4 Å². The summed E-state index contributed by atoms with van der Waals surface area (Å²) in [6.07, 6.45) is 1.44. The summed E-state index contributed by atoms with van der Waals surface area (Å²) in [7, 11) is 3.06. The molecule has 0 saturated heterocycles. The average molecular weight is 427 g/mol. The van der Waals surface area contributed by atoms with Crippen molar-refractivity contribution in [2.45, 2.75) is 20.0 Å². The minimum absolute atomic E-state index is 0.0489. The number of hydrazone groups is 1. The van der Waals surface area contributed by atoms with E-state index in [2.05, 4.69) is 10.5 Å². The zero-order valence-electron chi connectivity index (χ0n) is 17.2. The van der Waals surface area contributed by atoms with E-state index in [-0.39, 0.29) is 12.0 Å². The van der Waals surface area contributed by atoms with Gasteiger partial charge >= 0.3 is 0 Å². The lowest BCUT2D eigenvalue weighted by Gasteiger charge is -2.15. The molecule has 0 aliphatic rings. The zero-order chi connectivity index (χ0) is 21.7. The molecular formula is C23H23ClN2O4. The highest BCUT2D eigenvalue weighted by Crippen LogP contribution is 2.36. The van der Waals surface area contributed by atoms with Crippen LogP contribution in [0.2, 0.25) is 5.02 Å². The summed E-state index contributed by atoms with van der Waals surface area (Å²) in [5, 5.41) is 6.36. The standard InChI is InChI=1S/C23H23ClN2O4/c1-14(2)30-22-19(24)9-15(10-21(22)29-4)13-25-26-23(27)18-11-16-7-5-6-8-17(16)12-20(18)28-3/h5-14H,1-4H3,(H,26,27)/b25-13-. The van der Waals surface area contributed by atoms with Crippen molar-refractivity contribution in [1.29, 1.82) is 0 Å². The van der Waals surface area contributed by atoms with E-state index in [4.69, 9.17) is 25.8 Å². The summed E-state index contributed by atoms with van der Waals surface area (Å²) in [6, 6.07) is 14.8. The molecule has 0 heterocycles. The van der Waals surface area contributed by atoms with Crippen LogP contribution in [-0.4, -0.2) is 32.4 Å². The van der Waals surface area contributed by atoms with Crippen molar-refractivity contribution in [1.82, 2.24) is 5.43 Å². The maximum atomic E-state index is 12.6. The summed E-state index contributed by atoms with van der Waals surface area (Å²) >= 11 is 6.32. The molecule has 0 aliphatic heterocycles. The predicted molar refractivity (Wildman–Crippen MR) is 119 cm³/mol. The first-order valence-corrected chi connectivity index (χ1v) is 9.75. The second kappa shape index (κ2) is 9.50. The van der Waals surface area contributed by atoms with Crippen LogP contribution in [0.3, 0.4) is 0 Å². The summed E-state index contributed by atoms with van der Waals surface area (Å²) in [5.74, 6) is 1.05. The number of fused-ring (bicyclic) bond motifs is 1. The van der Waals surface area contributed by atoms with Gasteiger partial charge in [0, 0.05) is 0 Å². The number of hydrogen-bond donors (Lipinski definition) is 1. The molecule has 0 fully saturated rings. The van der Waals surface area contributed by atoms with E-state index in [1.54, 1.807) is 18.2 Å². The van der Waals surface area contributed by atoms with Crippen LogP contribution in [0.1, 0.15) is 29.8 Å². The number of carbonyl (C=O) groups excluding carboxylic acids is 1. The molecule has 1 N–H and O–H groups in total. The second-order valence-corrected chi connectivity index (χ2v) is 7.21. The highest BCUT2D eigenvalue weighted by molar-refractivity contribution is 6.32. The molecule has 0 radical (unpaired) electrons. The van der Waals surface area contributed by atoms with E-state index in [9.17, 15) is 4.79 Å². The van der Waals surface area contributed by atoms with Crippen LogP contribution >= 0.6 is 11.6 Å². The van der Waals surface area contributed by atoms with E-state index in [0.717, 1.165) is 10.8 Å². The Bertz CT molecular complexity index is 1100. The lowest BCUT2D eigenvalue weighted by Crippen LogP contribution is -2.18. The molecule has 6 nitrogen and oxygen atoms in total. The molecule has 0 atom stereocenters. The van der Waals surface area contributed by atoms with Crippen LogP contribution in [0.25, 0.3) is 10.8 Å². The molecule has 30 heavy (non-hydrogen) atoms.